The van der Waals surface area contributed by atoms with Crippen molar-refractivity contribution in [1.82, 2.24) is 0 Å². The van der Waals surface area contributed by atoms with Crippen molar-refractivity contribution in [2.24, 2.45) is 11.7 Å². The number of halogens is 1. The molecule has 1 aliphatic rings. The molecule has 2 rings (SSSR count). The first-order chi connectivity index (χ1) is 6.66. The maximum absolute atomic E-state index is 13.0. The molecule has 0 saturated heterocycles. The summed E-state index contributed by atoms with van der Waals surface area (Å²) in [6, 6.07) is 4.27. The highest BCUT2D eigenvalue weighted by Crippen LogP contribution is 2.37. The van der Waals surface area contributed by atoms with Crippen LogP contribution in [0.15, 0.2) is 18.2 Å². The zero-order valence-corrected chi connectivity index (χ0v) is 7.91. The monoisotopic (exact) mass is 195 g/mol. The molecule has 1 saturated carbocycles. The third kappa shape index (κ3) is 2.04. The summed E-state index contributed by atoms with van der Waals surface area (Å²) in [6.07, 6.45) is 3.41. The fraction of sp³-hybridized carbons (Fsp3) is 0.455. The number of phenolic OH excluding ortho intramolecular Hbond substituents is 1. The van der Waals surface area contributed by atoms with E-state index in [1.54, 1.807) is 6.07 Å². The summed E-state index contributed by atoms with van der Waals surface area (Å²) in [6.45, 7) is 0. The minimum absolute atomic E-state index is 0.0994. The fourth-order valence-electron chi connectivity index (χ4n) is 1.60. The molecule has 0 unspecified atom stereocenters. The van der Waals surface area contributed by atoms with Crippen LogP contribution < -0.4 is 5.73 Å². The van der Waals surface area contributed by atoms with Gasteiger partial charge in [-0.05, 0) is 30.0 Å². The Kier molecular flexibility index (Phi) is 2.42. The molecule has 14 heavy (non-hydrogen) atoms. The number of nitrogens with two attached hydrogens (primary N) is 1. The standard InChI is InChI=1S/C11H14FNO/c12-9-6-8(3-4-11(9)14)10(13)5-7-1-2-7/h3-4,6-7,10,14H,1-2,5,13H2/t10-/m1/s1. The highest BCUT2D eigenvalue weighted by molar-refractivity contribution is 5.29. The Morgan fingerprint density at radius 2 is 2.21 bits per heavy atom. The van der Waals surface area contributed by atoms with Crippen LogP contribution in [0.5, 0.6) is 5.75 Å². The molecule has 3 N–H and O–H groups in total. The van der Waals surface area contributed by atoms with Crippen molar-refractivity contribution in [2.45, 2.75) is 25.3 Å². The van der Waals surface area contributed by atoms with Crippen molar-refractivity contribution in [3.8, 4) is 5.75 Å². The van der Waals surface area contributed by atoms with Gasteiger partial charge in [-0.25, -0.2) is 4.39 Å². The molecule has 1 aromatic rings. The maximum atomic E-state index is 13.0. The second kappa shape index (κ2) is 3.58. The van der Waals surface area contributed by atoms with Gasteiger partial charge in [0.25, 0.3) is 0 Å². The van der Waals surface area contributed by atoms with Gasteiger partial charge in [0.15, 0.2) is 11.6 Å². The molecule has 0 heterocycles. The van der Waals surface area contributed by atoms with Crippen LogP contribution in [0.25, 0.3) is 0 Å². The molecule has 0 aromatic heterocycles. The third-order valence-corrected chi connectivity index (χ3v) is 2.68. The van der Waals surface area contributed by atoms with Crippen LogP contribution in [0.3, 0.4) is 0 Å². The van der Waals surface area contributed by atoms with E-state index in [0.717, 1.165) is 17.9 Å². The Hall–Kier alpha value is -1.09. The van der Waals surface area contributed by atoms with E-state index in [9.17, 15) is 4.39 Å². The minimum Gasteiger partial charge on any atom is -0.505 e. The third-order valence-electron chi connectivity index (χ3n) is 2.68. The molecule has 76 valence electrons. The Morgan fingerprint density at radius 3 is 2.79 bits per heavy atom. The van der Waals surface area contributed by atoms with E-state index in [4.69, 9.17) is 10.8 Å². The number of rotatable bonds is 3. The van der Waals surface area contributed by atoms with Crippen molar-refractivity contribution < 1.29 is 9.50 Å². The molecular formula is C11H14FNO. The molecular weight excluding hydrogens is 181 g/mol. The van der Waals surface area contributed by atoms with Gasteiger partial charge < -0.3 is 10.8 Å². The van der Waals surface area contributed by atoms with Crippen LogP contribution in [0.2, 0.25) is 0 Å². The molecule has 0 amide bonds. The van der Waals surface area contributed by atoms with Crippen molar-refractivity contribution >= 4 is 0 Å². The average Bonchev–Trinajstić information content (AvgIpc) is 2.93. The topological polar surface area (TPSA) is 46.2 Å². The largest absolute Gasteiger partial charge is 0.505 e. The van der Waals surface area contributed by atoms with Crippen LogP contribution in [0.4, 0.5) is 4.39 Å². The fourth-order valence-corrected chi connectivity index (χ4v) is 1.60. The Balaban J connectivity index is 2.10. The van der Waals surface area contributed by atoms with Gasteiger partial charge in [-0.1, -0.05) is 18.9 Å². The molecule has 1 fully saturated rings. The SMILES string of the molecule is N[C@H](CC1CC1)c1ccc(O)c(F)c1. The molecule has 0 spiro atoms. The number of phenols is 1. The lowest BCUT2D eigenvalue weighted by Crippen LogP contribution is -2.11. The van der Waals surface area contributed by atoms with Gasteiger partial charge in [0, 0.05) is 6.04 Å². The minimum atomic E-state index is -0.589. The van der Waals surface area contributed by atoms with Crippen LogP contribution in [-0.4, -0.2) is 5.11 Å². The van der Waals surface area contributed by atoms with Crippen LogP contribution in [0, 0.1) is 11.7 Å². The quantitative estimate of drug-likeness (QED) is 0.777. The molecule has 1 aliphatic carbocycles. The molecule has 1 atom stereocenters. The number of benzene rings is 1. The summed E-state index contributed by atoms with van der Waals surface area (Å²) in [5.41, 5.74) is 6.68. The highest BCUT2D eigenvalue weighted by Gasteiger charge is 2.24. The summed E-state index contributed by atoms with van der Waals surface area (Å²) in [4.78, 5) is 0. The Labute approximate surface area is 82.5 Å². The van der Waals surface area contributed by atoms with Crippen LogP contribution in [-0.2, 0) is 0 Å². The summed E-state index contributed by atoms with van der Waals surface area (Å²) < 4.78 is 13.0. The van der Waals surface area contributed by atoms with Crippen molar-refractivity contribution in [1.29, 1.82) is 0 Å². The van der Waals surface area contributed by atoms with E-state index >= 15 is 0 Å². The zero-order chi connectivity index (χ0) is 10.1. The van der Waals surface area contributed by atoms with Gasteiger partial charge in [-0.15, -0.1) is 0 Å². The Bertz CT molecular complexity index is 336. The second-order valence-corrected chi connectivity index (χ2v) is 4.00. The molecule has 1 aromatic carbocycles. The number of aromatic hydroxyl groups is 1. The molecule has 2 nitrogen and oxygen atoms in total. The Morgan fingerprint density at radius 1 is 1.50 bits per heavy atom. The van der Waals surface area contributed by atoms with Gasteiger partial charge in [0.05, 0.1) is 0 Å². The van der Waals surface area contributed by atoms with Crippen molar-refractivity contribution in [2.75, 3.05) is 0 Å². The van der Waals surface area contributed by atoms with Crippen LogP contribution >= 0.6 is 0 Å². The van der Waals surface area contributed by atoms with E-state index in [1.165, 1.54) is 25.0 Å². The zero-order valence-electron chi connectivity index (χ0n) is 7.91. The highest BCUT2D eigenvalue weighted by atomic mass is 19.1. The summed E-state index contributed by atoms with van der Waals surface area (Å²) >= 11 is 0. The molecule has 0 bridgehead atoms. The van der Waals surface area contributed by atoms with Crippen LogP contribution in [0.1, 0.15) is 30.9 Å². The van der Waals surface area contributed by atoms with E-state index in [1.807, 2.05) is 0 Å². The molecule has 0 aliphatic heterocycles. The molecule has 3 heteroatoms. The summed E-state index contributed by atoms with van der Waals surface area (Å²) in [5, 5.41) is 9.00. The first kappa shape index (κ1) is 9.46. The predicted molar refractivity (Wildman–Crippen MR) is 52.3 cm³/mol. The summed E-state index contributed by atoms with van der Waals surface area (Å²) in [5.74, 6) is -0.178. The summed E-state index contributed by atoms with van der Waals surface area (Å²) in [7, 11) is 0. The van der Waals surface area contributed by atoms with Gasteiger partial charge in [-0.2, -0.15) is 0 Å². The normalized spacial score (nSPS) is 18.1. The van der Waals surface area contributed by atoms with Gasteiger partial charge in [0.2, 0.25) is 0 Å². The van der Waals surface area contributed by atoms with Gasteiger partial charge >= 0.3 is 0 Å². The average molecular weight is 195 g/mol. The van der Waals surface area contributed by atoms with Gasteiger partial charge in [-0.3, -0.25) is 0 Å². The lowest BCUT2D eigenvalue weighted by molar-refractivity contribution is 0.430. The van der Waals surface area contributed by atoms with E-state index < -0.39 is 5.82 Å². The number of hydrogen-bond donors (Lipinski definition) is 2. The van der Waals surface area contributed by atoms with E-state index in [-0.39, 0.29) is 11.8 Å². The smallest absolute Gasteiger partial charge is 0.165 e. The van der Waals surface area contributed by atoms with Crippen molar-refractivity contribution in [3.05, 3.63) is 29.6 Å². The lowest BCUT2D eigenvalue weighted by Gasteiger charge is -2.11. The lowest BCUT2D eigenvalue weighted by atomic mass is 10.0. The first-order valence-corrected chi connectivity index (χ1v) is 4.91. The second-order valence-electron chi connectivity index (χ2n) is 4.00. The first-order valence-electron chi connectivity index (χ1n) is 4.91. The number of hydrogen-bond acceptors (Lipinski definition) is 2. The van der Waals surface area contributed by atoms with Crippen molar-refractivity contribution in [3.63, 3.8) is 0 Å². The molecule has 0 radical (unpaired) electrons. The predicted octanol–water partition coefficient (Wildman–Crippen LogP) is 2.33. The van der Waals surface area contributed by atoms with E-state index in [0.29, 0.717) is 0 Å². The maximum Gasteiger partial charge on any atom is 0.165 e. The van der Waals surface area contributed by atoms with Gasteiger partial charge in [0.1, 0.15) is 0 Å². The van der Waals surface area contributed by atoms with E-state index in [2.05, 4.69) is 0 Å².